The Morgan fingerprint density at radius 3 is 2.70 bits per heavy atom. The third-order valence-electron chi connectivity index (χ3n) is 4.43. The Bertz CT molecular complexity index is 570. The summed E-state index contributed by atoms with van der Waals surface area (Å²) >= 11 is 0. The number of nitrogens with one attached hydrogen (secondary N) is 1. The Hall–Kier alpha value is -2.15. The topological polar surface area (TPSA) is 107 Å². The van der Waals surface area contributed by atoms with Gasteiger partial charge in [0.05, 0.1) is 12.0 Å². The largest absolute Gasteiger partial charge is 0.497 e. The molecule has 126 valence electrons. The van der Waals surface area contributed by atoms with Crippen molar-refractivity contribution in [1.29, 1.82) is 0 Å². The predicted octanol–water partition coefficient (Wildman–Crippen LogP) is 2.24. The van der Waals surface area contributed by atoms with Gasteiger partial charge in [-0.05, 0) is 30.9 Å². The van der Waals surface area contributed by atoms with Crippen molar-refractivity contribution in [2.45, 2.75) is 38.1 Å². The van der Waals surface area contributed by atoms with Gasteiger partial charge in [0.1, 0.15) is 11.3 Å². The number of rotatable bonds is 6. The summed E-state index contributed by atoms with van der Waals surface area (Å²) in [6, 6.07) is 3.98. The second kappa shape index (κ2) is 7.92. The van der Waals surface area contributed by atoms with Gasteiger partial charge in [-0.15, -0.1) is 0 Å². The molecular weight excluding hydrogens is 298 g/mol. The lowest BCUT2D eigenvalue weighted by molar-refractivity contribution is -0.385. The molecule has 7 nitrogen and oxygen atoms in total. The summed E-state index contributed by atoms with van der Waals surface area (Å²) in [6.07, 6.45) is 5.54. The van der Waals surface area contributed by atoms with Crippen LogP contribution in [0, 0.1) is 16.0 Å². The normalized spacial score (nSPS) is 16.6. The molecule has 0 aromatic heterocycles. The van der Waals surface area contributed by atoms with E-state index in [4.69, 9.17) is 10.5 Å². The van der Waals surface area contributed by atoms with Crippen LogP contribution in [0.5, 0.6) is 5.75 Å². The van der Waals surface area contributed by atoms with E-state index in [0.29, 0.717) is 18.2 Å². The van der Waals surface area contributed by atoms with Crippen LogP contribution in [0.15, 0.2) is 18.2 Å². The lowest BCUT2D eigenvalue weighted by atomic mass is 9.84. The smallest absolute Gasteiger partial charge is 0.282 e. The molecule has 1 saturated carbocycles. The van der Waals surface area contributed by atoms with Crippen LogP contribution in [0.4, 0.5) is 5.69 Å². The number of nitro groups is 1. The van der Waals surface area contributed by atoms with Gasteiger partial charge in [-0.3, -0.25) is 14.9 Å². The van der Waals surface area contributed by atoms with Gasteiger partial charge in [0.15, 0.2) is 0 Å². The highest BCUT2D eigenvalue weighted by Gasteiger charge is 2.27. The Morgan fingerprint density at radius 2 is 2.13 bits per heavy atom. The average Bonchev–Trinajstić information content (AvgIpc) is 2.59. The number of nitrogens with zero attached hydrogens (tertiary/aromatic N) is 1. The molecule has 1 aromatic rings. The molecule has 3 N–H and O–H groups in total. The number of hydrogen-bond acceptors (Lipinski definition) is 5. The number of methoxy groups -OCH3 is 1. The molecule has 0 aliphatic heterocycles. The monoisotopic (exact) mass is 321 g/mol. The van der Waals surface area contributed by atoms with Crippen LogP contribution in [0.2, 0.25) is 0 Å². The first-order chi connectivity index (χ1) is 11.1. The minimum Gasteiger partial charge on any atom is -0.497 e. The van der Waals surface area contributed by atoms with Gasteiger partial charge in [0.2, 0.25) is 0 Å². The molecule has 23 heavy (non-hydrogen) atoms. The van der Waals surface area contributed by atoms with Crippen molar-refractivity contribution in [1.82, 2.24) is 5.32 Å². The van der Waals surface area contributed by atoms with Crippen LogP contribution in [-0.2, 0) is 0 Å². The zero-order chi connectivity index (χ0) is 16.8. The van der Waals surface area contributed by atoms with Crippen molar-refractivity contribution in [3.8, 4) is 5.75 Å². The molecule has 1 atom stereocenters. The molecule has 1 fully saturated rings. The maximum absolute atomic E-state index is 12.5. The Kier molecular flexibility index (Phi) is 5.92. The fourth-order valence-corrected chi connectivity index (χ4v) is 3.14. The number of amides is 1. The number of carbonyl (C=O) groups excluding carboxylic acids is 1. The number of benzene rings is 1. The maximum atomic E-state index is 12.5. The van der Waals surface area contributed by atoms with E-state index in [2.05, 4.69) is 5.32 Å². The first kappa shape index (κ1) is 17.2. The molecule has 1 aliphatic rings. The van der Waals surface area contributed by atoms with E-state index in [1.807, 2.05) is 0 Å². The van der Waals surface area contributed by atoms with E-state index in [1.54, 1.807) is 0 Å². The van der Waals surface area contributed by atoms with Crippen LogP contribution in [0.25, 0.3) is 0 Å². The number of ether oxygens (including phenoxy) is 1. The molecule has 1 unspecified atom stereocenters. The van der Waals surface area contributed by atoms with Crippen LogP contribution in [0.3, 0.4) is 0 Å². The molecular formula is C16H23N3O4. The third kappa shape index (κ3) is 4.19. The van der Waals surface area contributed by atoms with Gasteiger partial charge >= 0.3 is 0 Å². The van der Waals surface area contributed by atoms with Crippen molar-refractivity contribution in [3.63, 3.8) is 0 Å². The molecule has 1 amide bonds. The number of nitrogens with two attached hydrogens (primary N) is 1. The summed E-state index contributed by atoms with van der Waals surface area (Å²) in [5, 5.41) is 14.0. The van der Waals surface area contributed by atoms with Crippen molar-refractivity contribution in [2.24, 2.45) is 11.7 Å². The summed E-state index contributed by atoms with van der Waals surface area (Å²) in [7, 11) is 1.45. The van der Waals surface area contributed by atoms with E-state index in [9.17, 15) is 14.9 Å². The third-order valence-corrected chi connectivity index (χ3v) is 4.43. The van der Waals surface area contributed by atoms with Gasteiger partial charge in [-0.1, -0.05) is 19.3 Å². The van der Waals surface area contributed by atoms with E-state index >= 15 is 0 Å². The van der Waals surface area contributed by atoms with Gasteiger partial charge in [0, 0.05) is 18.7 Å². The number of carbonyl (C=O) groups is 1. The summed E-state index contributed by atoms with van der Waals surface area (Å²) < 4.78 is 5.06. The minimum atomic E-state index is -0.563. The molecule has 0 spiro atoms. The van der Waals surface area contributed by atoms with E-state index in [1.165, 1.54) is 31.7 Å². The molecule has 2 rings (SSSR count). The standard InChI is InChI=1S/C16H23N3O4/c1-23-12-7-8-15(19(21)22)13(9-12)16(20)18-14(10-17)11-5-3-2-4-6-11/h7-9,11,14H,2-6,10,17H2,1H3,(H,18,20). The van der Waals surface area contributed by atoms with Crippen molar-refractivity contribution >= 4 is 11.6 Å². The predicted molar refractivity (Wildman–Crippen MR) is 86.5 cm³/mol. The first-order valence-corrected chi connectivity index (χ1v) is 7.90. The Balaban J connectivity index is 2.19. The molecule has 1 aliphatic carbocycles. The van der Waals surface area contributed by atoms with Gasteiger partial charge < -0.3 is 15.8 Å². The van der Waals surface area contributed by atoms with Crippen LogP contribution >= 0.6 is 0 Å². The lowest BCUT2D eigenvalue weighted by Gasteiger charge is -2.30. The Morgan fingerprint density at radius 1 is 1.43 bits per heavy atom. The van der Waals surface area contributed by atoms with Crippen molar-refractivity contribution < 1.29 is 14.5 Å². The van der Waals surface area contributed by atoms with Gasteiger partial charge in [-0.25, -0.2) is 0 Å². The maximum Gasteiger partial charge on any atom is 0.282 e. The minimum absolute atomic E-state index is 0.00334. The quantitative estimate of drug-likeness (QED) is 0.617. The highest BCUT2D eigenvalue weighted by atomic mass is 16.6. The number of hydrogen-bond donors (Lipinski definition) is 2. The van der Waals surface area contributed by atoms with E-state index in [-0.39, 0.29) is 17.3 Å². The number of nitro benzene ring substituents is 1. The highest BCUT2D eigenvalue weighted by Crippen LogP contribution is 2.28. The molecule has 7 heteroatoms. The molecule has 0 saturated heterocycles. The summed E-state index contributed by atoms with van der Waals surface area (Å²) in [6.45, 7) is 0.328. The van der Waals surface area contributed by atoms with Gasteiger partial charge in [-0.2, -0.15) is 0 Å². The zero-order valence-electron chi connectivity index (χ0n) is 13.3. The summed E-state index contributed by atoms with van der Waals surface area (Å²) in [5.41, 5.74) is 5.58. The second-order valence-electron chi connectivity index (χ2n) is 5.85. The van der Waals surface area contributed by atoms with Crippen LogP contribution in [0.1, 0.15) is 42.5 Å². The average molecular weight is 321 g/mol. The summed E-state index contributed by atoms with van der Waals surface area (Å²) in [4.78, 5) is 23.1. The zero-order valence-corrected chi connectivity index (χ0v) is 13.3. The van der Waals surface area contributed by atoms with Crippen molar-refractivity contribution in [3.05, 3.63) is 33.9 Å². The lowest BCUT2D eigenvalue weighted by Crippen LogP contribution is -2.46. The second-order valence-corrected chi connectivity index (χ2v) is 5.85. The first-order valence-electron chi connectivity index (χ1n) is 7.90. The summed E-state index contributed by atoms with van der Waals surface area (Å²) in [5.74, 6) is 0.265. The van der Waals surface area contributed by atoms with Crippen LogP contribution in [-0.4, -0.2) is 30.5 Å². The molecule has 0 bridgehead atoms. The van der Waals surface area contributed by atoms with Crippen LogP contribution < -0.4 is 15.8 Å². The van der Waals surface area contributed by atoms with Gasteiger partial charge in [0.25, 0.3) is 11.6 Å². The van der Waals surface area contributed by atoms with E-state index in [0.717, 1.165) is 25.7 Å². The van der Waals surface area contributed by atoms with Crippen molar-refractivity contribution in [2.75, 3.05) is 13.7 Å². The van der Waals surface area contributed by atoms with E-state index < -0.39 is 10.8 Å². The Labute approximate surface area is 135 Å². The molecule has 0 radical (unpaired) electrons. The highest BCUT2D eigenvalue weighted by molar-refractivity contribution is 5.98. The fraction of sp³-hybridized carbons (Fsp3) is 0.562. The molecule has 0 heterocycles. The fourth-order valence-electron chi connectivity index (χ4n) is 3.14. The molecule has 1 aromatic carbocycles. The SMILES string of the molecule is COc1ccc([N+](=O)[O-])c(C(=O)NC(CN)C2CCCCC2)c1.